The van der Waals surface area contributed by atoms with Crippen LogP contribution in [0.25, 0.3) is 0 Å². The second-order valence-electron chi connectivity index (χ2n) is 2.24. The molecule has 0 fully saturated rings. The van der Waals surface area contributed by atoms with Crippen LogP contribution in [0.1, 0.15) is 12.8 Å². The molecule has 0 saturated heterocycles. The van der Waals surface area contributed by atoms with E-state index < -0.39 is 0 Å². The van der Waals surface area contributed by atoms with Gasteiger partial charge in [-0.05, 0) is 5.16 Å². The van der Waals surface area contributed by atoms with E-state index in [0.717, 1.165) is 6.42 Å². The molecule has 4 nitrogen and oxygen atoms in total. The second-order valence-corrected chi connectivity index (χ2v) is 2.24. The molecule has 0 aliphatic heterocycles. The van der Waals surface area contributed by atoms with E-state index in [1.54, 1.807) is 0 Å². The van der Waals surface area contributed by atoms with Crippen LogP contribution in [0.4, 0.5) is 5.95 Å². The number of nitrogens with zero attached hydrogens (tertiary/aromatic N) is 3. The van der Waals surface area contributed by atoms with E-state index in [9.17, 15) is 0 Å². The van der Waals surface area contributed by atoms with Crippen molar-refractivity contribution in [2.75, 3.05) is 19.0 Å². The summed E-state index contributed by atoms with van der Waals surface area (Å²) < 4.78 is 4.87. The lowest BCUT2D eigenvalue weighted by Gasteiger charge is -2.01. The Morgan fingerprint density at radius 1 is 1.50 bits per heavy atom. The first kappa shape index (κ1) is 7.05. The van der Waals surface area contributed by atoms with Crippen molar-refractivity contribution < 1.29 is 4.52 Å². The van der Waals surface area contributed by atoms with Crippen molar-refractivity contribution in [1.29, 1.82) is 0 Å². The fraction of sp³-hybridized carbons (Fsp3) is 0.667. The molecule has 0 radical (unpaired) electrons. The van der Waals surface area contributed by atoms with Gasteiger partial charge in [0.15, 0.2) is 0 Å². The molecule has 1 heterocycles. The molecule has 1 rings (SSSR count). The molecule has 1 aromatic rings. The van der Waals surface area contributed by atoms with Crippen molar-refractivity contribution in [3.8, 4) is 0 Å². The van der Waals surface area contributed by atoms with Gasteiger partial charge in [-0.15, -0.1) is 0 Å². The van der Waals surface area contributed by atoms with Crippen LogP contribution in [-0.2, 0) is 6.42 Å². The first-order valence-corrected chi connectivity index (χ1v) is 3.24. The van der Waals surface area contributed by atoms with E-state index in [0.29, 0.717) is 11.8 Å². The smallest absolute Gasteiger partial charge is 0.265 e. The Morgan fingerprint density at radius 2 is 2.20 bits per heavy atom. The van der Waals surface area contributed by atoms with Crippen molar-refractivity contribution in [3.63, 3.8) is 0 Å². The Morgan fingerprint density at radius 3 is 2.50 bits per heavy atom. The fourth-order valence-electron chi connectivity index (χ4n) is 0.571. The zero-order valence-electron chi connectivity index (χ0n) is 6.46. The molecule has 0 aliphatic carbocycles. The predicted octanol–water partition coefficient (Wildman–Crippen LogP) is 0.698. The first-order chi connectivity index (χ1) is 4.74. The van der Waals surface area contributed by atoms with Crippen LogP contribution in [0.5, 0.6) is 0 Å². The van der Waals surface area contributed by atoms with Gasteiger partial charge < -0.3 is 9.42 Å². The number of anilines is 1. The number of aryl methyl sites for hydroxylation is 1. The summed E-state index contributed by atoms with van der Waals surface area (Å²) in [4.78, 5) is 5.88. The maximum atomic E-state index is 4.87. The summed E-state index contributed by atoms with van der Waals surface area (Å²) in [5, 5.41) is 3.73. The average molecular weight is 141 g/mol. The van der Waals surface area contributed by atoms with Gasteiger partial charge in [-0.25, -0.2) is 0 Å². The first-order valence-electron chi connectivity index (χ1n) is 3.24. The molecule has 4 heteroatoms. The van der Waals surface area contributed by atoms with Crippen molar-refractivity contribution in [2.45, 2.75) is 13.3 Å². The van der Waals surface area contributed by atoms with Crippen LogP contribution in [0, 0.1) is 0 Å². The third kappa shape index (κ3) is 1.26. The van der Waals surface area contributed by atoms with Crippen LogP contribution < -0.4 is 4.90 Å². The van der Waals surface area contributed by atoms with Gasteiger partial charge in [0, 0.05) is 20.5 Å². The highest BCUT2D eigenvalue weighted by molar-refractivity contribution is 5.23. The van der Waals surface area contributed by atoms with E-state index in [1.807, 2.05) is 25.9 Å². The Balaban J connectivity index is 2.78. The lowest BCUT2D eigenvalue weighted by atomic mass is 10.5. The molecule has 0 spiro atoms. The molecule has 0 unspecified atom stereocenters. The Hall–Kier alpha value is -1.06. The van der Waals surface area contributed by atoms with E-state index in [1.165, 1.54) is 0 Å². The molecule has 10 heavy (non-hydrogen) atoms. The third-order valence-corrected chi connectivity index (χ3v) is 1.16. The molecule has 56 valence electrons. The van der Waals surface area contributed by atoms with E-state index in [4.69, 9.17) is 4.52 Å². The van der Waals surface area contributed by atoms with Gasteiger partial charge in [-0.2, -0.15) is 4.98 Å². The van der Waals surface area contributed by atoms with Crippen molar-refractivity contribution in [2.24, 2.45) is 0 Å². The number of rotatable bonds is 2. The highest BCUT2D eigenvalue weighted by atomic mass is 16.5. The molecular formula is C6H11N3O. The van der Waals surface area contributed by atoms with Gasteiger partial charge in [0.05, 0.1) is 0 Å². The normalized spacial score (nSPS) is 9.90. The van der Waals surface area contributed by atoms with Gasteiger partial charge in [0.2, 0.25) is 5.89 Å². The van der Waals surface area contributed by atoms with Gasteiger partial charge in [0.1, 0.15) is 0 Å². The molecule has 0 N–H and O–H groups in total. The zero-order valence-corrected chi connectivity index (χ0v) is 6.46. The molecule has 1 aromatic heterocycles. The zero-order chi connectivity index (χ0) is 7.56. The maximum absolute atomic E-state index is 4.87. The van der Waals surface area contributed by atoms with Gasteiger partial charge in [-0.3, -0.25) is 0 Å². The Labute approximate surface area is 59.8 Å². The van der Waals surface area contributed by atoms with E-state index >= 15 is 0 Å². The summed E-state index contributed by atoms with van der Waals surface area (Å²) in [6.07, 6.45) is 0.792. The quantitative estimate of drug-likeness (QED) is 0.608. The standard InChI is InChI=1S/C6H11N3O/c1-4-5-7-6(8-10-5)9(2)3/h4H2,1-3H3. The van der Waals surface area contributed by atoms with Crippen molar-refractivity contribution in [3.05, 3.63) is 5.89 Å². The summed E-state index contributed by atoms with van der Waals surface area (Å²) in [7, 11) is 3.76. The number of hydrogen-bond donors (Lipinski definition) is 0. The minimum atomic E-state index is 0.636. The summed E-state index contributed by atoms with van der Waals surface area (Å²) >= 11 is 0. The fourth-order valence-corrected chi connectivity index (χ4v) is 0.571. The lowest BCUT2D eigenvalue weighted by Crippen LogP contribution is -2.10. The molecule has 0 bridgehead atoms. The summed E-state index contributed by atoms with van der Waals surface area (Å²) in [5.41, 5.74) is 0. The van der Waals surface area contributed by atoms with Crippen LogP contribution in [-0.4, -0.2) is 24.2 Å². The molecule has 0 amide bonds. The lowest BCUT2D eigenvalue weighted by molar-refractivity contribution is 0.382. The third-order valence-electron chi connectivity index (χ3n) is 1.16. The maximum Gasteiger partial charge on any atom is 0.265 e. The van der Waals surface area contributed by atoms with Gasteiger partial charge in [-0.1, -0.05) is 6.92 Å². The molecule has 0 saturated carbocycles. The average Bonchev–Trinajstić information content (AvgIpc) is 2.34. The predicted molar refractivity (Wildman–Crippen MR) is 38.0 cm³/mol. The topological polar surface area (TPSA) is 42.2 Å². The summed E-state index contributed by atoms with van der Waals surface area (Å²) in [6, 6.07) is 0. The highest BCUT2D eigenvalue weighted by Crippen LogP contribution is 2.04. The summed E-state index contributed by atoms with van der Waals surface area (Å²) in [6.45, 7) is 1.98. The van der Waals surface area contributed by atoms with Gasteiger partial charge in [0.25, 0.3) is 5.95 Å². The van der Waals surface area contributed by atoms with Crippen LogP contribution in [0.2, 0.25) is 0 Å². The number of aromatic nitrogens is 2. The number of hydrogen-bond acceptors (Lipinski definition) is 4. The Kier molecular flexibility index (Phi) is 1.89. The van der Waals surface area contributed by atoms with E-state index in [2.05, 4.69) is 10.1 Å². The van der Waals surface area contributed by atoms with Crippen molar-refractivity contribution >= 4 is 5.95 Å². The molecule has 0 aromatic carbocycles. The monoisotopic (exact) mass is 141 g/mol. The molecular weight excluding hydrogens is 130 g/mol. The van der Waals surface area contributed by atoms with Crippen LogP contribution in [0.15, 0.2) is 4.52 Å². The second kappa shape index (κ2) is 2.68. The SMILES string of the molecule is CCc1nc(N(C)C)no1. The molecule has 0 atom stereocenters. The highest BCUT2D eigenvalue weighted by Gasteiger charge is 2.03. The largest absolute Gasteiger partial charge is 0.344 e. The minimum Gasteiger partial charge on any atom is -0.344 e. The van der Waals surface area contributed by atoms with Gasteiger partial charge >= 0.3 is 0 Å². The van der Waals surface area contributed by atoms with Crippen molar-refractivity contribution in [1.82, 2.24) is 10.1 Å². The Bertz CT molecular complexity index is 207. The van der Waals surface area contributed by atoms with Crippen LogP contribution in [0.3, 0.4) is 0 Å². The molecule has 0 aliphatic rings. The minimum absolute atomic E-state index is 0.636. The summed E-state index contributed by atoms with van der Waals surface area (Å²) in [5.74, 6) is 1.32. The van der Waals surface area contributed by atoms with E-state index in [-0.39, 0.29) is 0 Å². The van der Waals surface area contributed by atoms with Crippen LogP contribution >= 0.6 is 0 Å².